The number of nitrogen functional groups attached to an aromatic ring is 1. The van der Waals surface area contributed by atoms with E-state index >= 15 is 0 Å². The molecule has 82 valence electrons. The molecule has 0 bridgehead atoms. The molecule has 1 aromatic rings. The zero-order valence-corrected chi connectivity index (χ0v) is 9.59. The van der Waals surface area contributed by atoms with Gasteiger partial charge in [-0.1, -0.05) is 11.6 Å². The number of halogens is 1. The molecule has 0 aliphatic carbocycles. The maximum Gasteiger partial charge on any atom is 0.0615 e. The van der Waals surface area contributed by atoms with Gasteiger partial charge in [-0.25, -0.2) is 0 Å². The maximum absolute atomic E-state index is 5.97. The van der Waals surface area contributed by atoms with Crippen LogP contribution in [0.4, 0.5) is 11.4 Å². The maximum atomic E-state index is 5.97. The molecule has 3 nitrogen and oxygen atoms in total. The quantitative estimate of drug-likeness (QED) is 0.716. The Morgan fingerprint density at radius 1 is 1.53 bits per heavy atom. The molecule has 1 atom stereocenters. The van der Waals surface area contributed by atoms with Crippen molar-refractivity contribution >= 4 is 23.0 Å². The highest BCUT2D eigenvalue weighted by atomic mass is 35.5. The second-order valence-electron chi connectivity index (χ2n) is 4.00. The molecule has 1 fully saturated rings. The Kier molecular flexibility index (Phi) is 3.03. The van der Waals surface area contributed by atoms with Gasteiger partial charge in [-0.15, -0.1) is 0 Å². The van der Waals surface area contributed by atoms with E-state index in [0.29, 0.717) is 6.04 Å². The molecule has 0 saturated carbocycles. The number of piperazine rings is 1. The zero-order chi connectivity index (χ0) is 10.8. The van der Waals surface area contributed by atoms with Crippen LogP contribution in [0.15, 0.2) is 18.2 Å². The van der Waals surface area contributed by atoms with Crippen LogP contribution in [0.1, 0.15) is 6.92 Å². The molecular formula is C11H16ClN3. The van der Waals surface area contributed by atoms with Gasteiger partial charge in [-0.2, -0.15) is 0 Å². The van der Waals surface area contributed by atoms with Gasteiger partial charge >= 0.3 is 0 Å². The van der Waals surface area contributed by atoms with Crippen LogP contribution in [-0.4, -0.2) is 25.7 Å². The number of nitrogens with one attached hydrogen (secondary N) is 1. The van der Waals surface area contributed by atoms with E-state index in [1.54, 1.807) is 0 Å². The third kappa shape index (κ3) is 2.36. The summed E-state index contributed by atoms with van der Waals surface area (Å²) in [4.78, 5) is 2.28. The molecule has 0 unspecified atom stereocenters. The van der Waals surface area contributed by atoms with Gasteiger partial charge in [0.15, 0.2) is 0 Å². The average molecular weight is 226 g/mol. The summed E-state index contributed by atoms with van der Waals surface area (Å²) in [5.74, 6) is 0. The summed E-state index contributed by atoms with van der Waals surface area (Å²) in [5, 5.41) is 4.14. The monoisotopic (exact) mass is 225 g/mol. The zero-order valence-electron chi connectivity index (χ0n) is 8.83. The first-order valence-corrected chi connectivity index (χ1v) is 5.58. The Balaban J connectivity index is 2.24. The highest BCUT2D eigenvalue weighted by Crippen LogP contribution is 2.27. The van der Waals surface area contributed by atoms with E-state index < -0.39 is 0 Å². The summed E-state index contributed by atoms with van der Waals surface area (Å²) in [5.41, 5.74) is 7.80. The summed E-state index contributed by atoms with van der Waals surface area (Å²) in [6.45, 7) is 5.12. The molecule has 1 aliphatic heterocycles. The molecule has 2 rings (SSSR count). The van der Waals surface area contributed by atoms with Gasteiger partial charge in [-0.05, 0) is 25.1 Å². The van der Waals surface area contributed by atoms with Crippen molar-refractivity contribution in [1.29, 1.82) is 0 Å². The summed E-state index contributed by atoms with van der Waals surface area (Å²) in [6.07, 6.45) is 0. The lowest BCUT2D eigenvalue weighted by Gasteiger charge is -2.34. The molecule has 15 heavy (non-hydrogen) atoms. The highest BCUT2D eigenvalue weighted by molar-refractivity contribution is 6.31. The molecule has 1 heterocycles. The molecule has 0 aromatic heterocycles. The van der Waals surface area contributed by atoms with Crippen molar-refractivity contribution in [3.63, 3.8) is 0 Å². The van der Waals surface area contributed by atoms with Gasteiger partial charge < -0.3 is 16.0 Å². The standard InChI is InChI=1S/C11H16ClN3/c1-8-7-15(5-4-14-8)11-6-9(12)2-3-10(11)13/h2-3,6,8,14H,4-5,7,13H2,1H3/t8-/m0/s1. The molecule has 4 heteroatoms. The second-order valence-corrected chi connectivity index (χ2v) is 4.44. The van der Waals surface area contributed by atoms with Gasteiger partial charge in [0.25, 0.3) is 0 Å². The summed E-state index contributed by atoms with van der Waals surface area (Å²) in [6, 6.07) is 6.13. The average Bonchev–Trinajstić information content (AvgIpc) is 2.22. The predicted molar refractivity (Wildman–Crippen MR) is 65.5 cm³/mol. The van der Waals surface area contributed by atoms with E-state index in [1.807, 2.05) is 18.2 Å². The SMILES string of the molecule is C[C@H]1CN(c2cc(Cl)ccc2N)CCN1. The van der Waals surface area contributed by atoms with Gasteiger partial charge in [0.1, 0.15) is 0 Å². The normalized spacial score (nSPS) is 21.7. The van der Waals surface area contributed by atoms with Crippen molar-refractivity contribution in [2.24, 2.45) is 0 Å². The Bertz CT molecular complexity index is 354. The second kappa shape index (κ2) is 4.29. The molecule has 3 N–H and O–H groups in total. The number of anilines is 2. The van der Waals surface area contributed by atoms with Crippen LogP contribution in [0.5, 0.6) is 0 Å². The van der Waals surface area contributed by atoms with Gasteiger partial charge in [0.05, 0.1) is 11.4 Å². The van der Waals surface area contributed by atoms with Crippen molar-refractivity contribution in [2.45, 2.75) is 13.0 Å². The number of nitrogens with two attached hydrogens (primary N) is 1. The first kappa shape index (κ1) is 10.6. The smallest absolute Gasteiger partial charge is 0.0615 e. The van der Waals surface area contributed by atoms with E-state index in [1.165, 1.54) is 0 Å². The van der Waals surface area contributed by atoms with Crippen LogP contribution in [0.2, 0.25) is 5.02 Å². The Morgan fingerprint density at radius 3 is 3.07 bits per heavy atom. The van der Waals surface area contributed by atoms with Crippen LogP contribution in [0.25, 0.3) is 0 Å². The summed E-state index contributed by atoms with van der Waals surface area (Å²) in [7, 11) is 0. The highest BCUT2D eigenvalue weighted by Gasteiger charge is 2.17. The predicted octanol–water partition coefficient (Wildman–Crippen LogP) is 1.72. The van der Waals surface area contributed by atoms with E-state index in [4.69, 9.17) is 17.3 Å². The van der Waals surface area contributed by atoms with Crippen molar-refractivity contribution < 1.29 is 0 Å². The first-order valence-electron chi connectivity index (χ1n) is 5.20. The lowest BCUT2D eigenvalue weighted by molar-refractivity contribution is 0.485. The van der Waals surface area contributed by atoms with Crippen LogP contribution in [0.3, 0.4) is 0 Å². The van der Waals surface area contributed by atoms with Crippen LogP contribution in [-0.2, 0) is 0 Å². The lowest BCUT2D eigenvalue weighted by Crippen LogP contribution is -2.49. The number of rotatable bonds is 1. The Morgan fingerprint density at radius 2 is 2.33 bits per heavy atom. The largest absolute Gasteiger partial charge is 0.397 e. The van der Waals surface area contributed by atoms with Crippen LogP contribution in [0, 0.1) is 0 Å². The molecule has 0 amide bonds. The fourth-order valence-corrected chi connectivity index (χ4v) is 2.11. The van der Waals surface area contributed by atoms with Crippen molar-refractivity contribution in [3.8, 4) is 0 Å². The minimum atomic E-state index is 0.497. The topological polar surface area (TPSA) is 41.3 Å². The minimum absolute atomic E-state index is 0.497. The van der Waals surface area contributed by atoms with Gasteiger partial charge in [-0.3, -0.25) is 0 Å². The Hall–Kier alpha value is -0.930. The van der Waals surface area contributed by atoms with E-state index in [-0.39, 0.29) is 0 Å². The fourth-order valence-electron chi connectivity index (χ4n) is 1.94. The molecule has 1 aliphatic rings. The third-order valence-corrected chi connectivity index (χ3v) is 2.94. The summed E-state index contributed by atoms with van der Waals surface area (Å²) < 4.78 is 0. The number of hydrogen-bond donors (Lipinski definition) is 2. The van der Waals surface area contributed by atoms with Crippen molar-refractivity contribution in [3.05, 3.63) is 23.2 Å². The number of benzene rings is 1. The number of nitrogens with zero attached hydrogens (tertiary/aromatic N) is 1. The molecule has 0 spiro atoms. The van der Waals surface area contributed by atoms with Gasteiger partial charge in [0, 0.05) is 30.7 Å². The number of hydrogen-bond acceptors (Lipinski definition) is 3. The third-order valence-electron chi connectivity index (χ3n) is 2.70. The van der Waals surface area contributed by atoms with Crippen molar-refractivity contribution in [2.75, 3.05) is 30.3 Å². The Labute approximate surface area is 95.2 Å². The molecule has 1 aromatic carbocycles. The molecule has 0 radical (unpaired) electrons. The first-order chi connectivity index (χ1) is 7.16. The molecule has 1 saturated heterocycles. The van der Waals surface area contributed by atoms with Crippen LogP contribution < -0.4 is 16.0 Å². The van der Waals surface area contributed by atoms with E-state index in [0.717, 1.165) is 36.0 Å². The van der Waals surface area contributed by atoms with Crippen molar-refractivity contribution in [1.82, 2.24) is 5.32 Å². The minimum Gasteiger partial charge on any atom is -0.397 e. The molecular weight excluding hydrogens is 210 g/mol. The van der Waals surface area contributed by atoms with E-state index in [9.17, 15) is 0 Å². The van der Waals surface area contributed by atoms with E-state index in [2.05, 4.69) is 17.1 Å². The lowest BCUT2D eigenvalue weighted by atomic mass is 10.2. The fraction of sp³-hybridized carbons (Fsp3) is 0.455. The van der Waals surface area contributed by atoms with Crippen LogP contribution >= 0.6 is 11.6 Å². The summed E-state index contributed by atoms with van der Waals surface area (Å²) >= 11 is 5.97. The van der Waals surface area contributed by atoms with Gasteiger partial charge in [0.2, 0.25) is 0 Å².